The van der Waals surface area contributed by atoms with E-state index in [0.717, 1.165) is 23.8 Å². The quantitative estimate of drug-likeness (QED) is 0.768. The van der Waals surface area contributed by atoms with Crippen LogP contribution in [0.5, 0.6) is 5.88 Å². The highest BCUT2D eigenvalue weighted by Gasteiger charge is 2.55. The van der Waals surface area contributed by atoms with Crippen molar-refractivity contribution in [1.29, 1.82) is 0 Å². The Balaban J connectivity index is 1.54. The first-order valence-electron chi connectivity index (χ1n) is 5.01. The van der Waals surface area contributed by atoms with E-state index in [1.807, 2.05) is 6.07 Å². The van der Waals surface area contributed by atoms with Crippen molar-refractivity contribution in [2.75, 3.05) is 6.61 Å². The summed E-state index contributed by atoms with van der Waals surface area (Å²) in [6.45, 7) is 0.877. The molecule has 1 unspecified atom stereocenters. The van der Waals surface area contributed by atoms with E-state index in [-0.39, 0.29) is 0 Å². The van der Waals surface area contributed by atoms with Crippen molar-refractivity contribution in [2.45, 2.75) is 25.7 Å². The third kappa shape index (κ3) is 1.14. The first-order valence-corrected chi connectivity index (χ1v) is 5.01. The molecule has 1 N–H and O–H groups in total. The monoisotopic (exact) mass is 178 g/mol. The Morgan fingerprint density at radius 3 is 3.00 bits per heavy atom. The summed E-state index contributed by atoms with van der Waals surface area (Å²) in [6, 6.07) is 1.87. The lowest BCUT2D eigenvalue weighted by molar-refractivity contribution is 0.0817. The lowest BCUT2D eigenvalue weighted by Crippen LogP contribution is -2.32. The van der Waals surface area contributed by atoms with Gasteiger partial charge in [0.05, 0.1) is 12.8 Å². The Morgan fingerprint density at radius 2 is 2.46 bits per heavy atom. The number of nitrogens with one attached hydrogen (secondary N) is 1. The average molecular weight is 178 g/mol. The largest absolute Gasteiger partial charge is 0.478 e. The van der Waals surface area contributed by atoms with Gasteiger partial charge in [0.1, 0.15) is 0 Å². The molecule has 2 saturated carbocycles. The lowest BCUT2D eigenvalue weighted by atomic mass is 9.71. The maximum atomic E-state index is 5.61. The first kappa shape index (κ1) is 7.42. The second kappa shape index (κ2) is 2.50. The number of aromatic nitrogens is 2. The molecule has 13 heavy (non-hydrogen) atoms. The highest BCUT2D eigenvalue weighted by atomic mass is 16.5. The number of rotatable bonds is 3. The van der Waals surface area contributed by atoms with Gasteiger partial charge in [-0.3, -0.25) is 0 Å². The van der Waals surface area contributed by atoms with Crippen molar-refractivity contribution in [3.05, 3.63) is 12.3 Å². The van der Waals surface area contributed by atoms with Crippen molar-refractivity contribution in [3.63, 3.8) is 0 Å². The van der Waals surface area contributed by atoms with Crippen LogP contribution in [0.4, 0.5) is 0 Å². The molecule has 1 atom stereocenters. The summed E-state index contributed by atoms with van der Waals surface area (Å²) >= 11 is 0. The van der Waals surface area contributed by atoms with Crippen LogP contribution in [-0.2, 0) is 0 Å². The summed E-state index contributed by atoms with van der Waals surface area (Å²) in [5, 5.41) is 6.66. The molecular weight excluding hydrogens is 164 g/mol. The Kier molecular flexibility index (Phi) is 1.43. The van der Waals surface area contributed by atoms with Crippen LogP contribution in [0.2, 0.25) is 0 Å². The zero-order valence-electron chi connectivity index (χ0n) is 7.62. The molecule has 0 aliphatic heterocycles. The van der Waals surface area contributed by atoms with Gasteiger partial charge in [-0.15, -0.1) is 0 Å². The molecule has 3 rings (SSSR count). The highest BCUT2D eigenvalue weighted by Crippen LogP contribution is 2.64. The zero-order valence-corrected chi connectivity index (χ0v) is 7.62. The summed E-state index contributed by atoms with van der Waals surface area (Å²) in [5.41, 5.74) is 0.722. The number of aromatic amines is 1. The fraction of sp³-hybridized carbons (Fsp3) is 0.700. The summed E-state index contributed by atoms with van der Waals surface area (Å²) in [5.74, 6) is 1.62. The lowest BCUT2D eigenvalue weighted by Gasteiger charge is -2.36. The Bertz CT molecular complexity index is 290. The minimum atomic E-state index is 0.722. The van der Waals surface area contributed by atoms with Crippen LogP contribution < -0.4 is 4.74 Å². The molecule has 1 spiro atoms. The van der Waals surface area contributed by atoms with Crippen LogP contribution in [-0.4, -0.2) is 16.8 Å². The Labute approximate surface area is 77.5 Å². The summed E-state index contributed by atoms with van der Waals surface area (Å²) in [4.78, 5) is 0. The van der Waals surface area contributed by atoms with Crippen LogP contribution in [0, 0.1) is 11.3 Å². The number of H-pyrrole nitrogens is 1. The van der Waals surface area contributed by atoms with Crippen LogP contribution in [0.25, 0.3) is 0 Å². The number of hydrogen-bond acceptors (Lipinski definition) is 2. The average Bonchev–Trinajstić information content (AvgIpc) is 2.80. The van der Waals surface area contributed by atoms with Gasteiger partial charge in [0.25, 0.3) is 0 Å². The number of hydrogen-bond donors (Lipinski definition) is 1. The SMILES string of the molecule is c1cc(OCC2CCC23CC3)[nH]n1. The molecule has 2 aliphatic carbocycles. The second-order valence-electron chi connectivity index (χ2n) is 4.33. The first-order chi connectivity index (χ1) is 6.39. The highest BCUT2D eigenvalue weighted by molar-refractivity contribution is 5.08. The van der Waals surface area contributed by atoms with Crippen LogP contribution in [0.1, 0.15) is 25.7 Å². The van der Waals surface area contributed by atoms with E-state index in [4.69, 9.17) is 4.74 Å². The third-order valence-corrected chi connectivity index (χ3v) is 3.66. The van der Waals surface area contributed by atoms with Crippen molar-refractivity contribution in [2.24, 2.45) is 11.3 Å². The Hall–Kier alpha value is -0.990. The van der Waals surface area contributed by atoms with E-state index in [1.165, 1.54) is 25.7 Å². The summed E-state index contributed by atoms with van der Waals surface area (Å²) in [6.07, 6.45) is 7.38. The molecule has 3 heteroatoms. The molecule has 0 bridgehead atoms. The fourth-order valence-electron chi connectivity index (χ4n) is 2.35. The topological polar surface area (TPSA) is 37.9 Å². The molecule has 3 nitrogen and oxygen atoms in total. The van der Waals surface area contributed by atoms with E-state index in [0.29, 0.717) is 0 Å². The molecule has 0 aromatic carbocycles. The van der Waals surface area contributed by atoms with Gasteiger partial charge in [0, 0.05) is 6.07 Å². The predicted octanol–water partition coefficient (Wildman–Crippen LogP) is 1.98. The van der Waals surface area contributed by atoms with E-state index in [2.05, 4.69) is 10.2 Å². The van der Waals surface area contributed by atoms with Crippen LogP contribution >= 0.6 is 0 Å². The molecule has 0 amide bonds. The Morgan fingerprint density at radius 1 is 1.54 bits per heavy atom. The van der Waals surface area contributed by atoms with Crippen molar-refractivity contribution < 1.29 is 4.74 Å². The molecule has 0 radical (unpaired) electrons. The van der Waals surface area contributed by atoms with Crippen molar-refractivity contribution in [3.8, 4) is 5.88 Å². The minimum absolute atomic E-state index is 0.722. The van der Waals surface area contributed by atoms with Crippen LogP contribution in [0.15, 0.2) is 12.3 Å². The minimum Gasteiger partial charge on any atom is -0.478 e. The number of nitrogens with zero attached hydrogens (tertiary/aromatic N) is 1. The van der Waals surface area contributed by atoms with E-state index in [1.54, 1.807) is 6.20 Å². The van der Waals surface area contributed by atoms with Crippen LogP contribution in [0.3, 0.4) is 0 Å². The van der Waals surface area contributed by atoms with Gasteiger partial charge < -0.3 is 4.74 Å². The molecule has 2 fully saturated rings. The third-order valence-electron chi connectivity index (χ3n) is 3.66. The van der Waals surface area contributed by atoms with Gasteiger partial charge in [-0.05, 0) is 37.0 Å². The van der Waals surface area contributed by atoms with Gasteiger partial charge in [0.15, 0.2) is 0 Å². The standard InChI is InChI=1S/C10H14N2O/c1-3-10(4-5-10)8(1)7-13-9-2-6-11-12-9/h2,6,8H,1,3-5,7H2,(H,11,12). The molecule has 2 aliphatic rings. The fourth-order valence-corrected chi connectivity index (χ4v) is 2.35. The van der Waals surface area contributed by atoms with Gasteiger partial charge in [-0.1, -0.05) is 0 Å². The normalized spacial score (nSPS) is 28.5. The molecule has 0 saturated heterocycles. The molecule has 70 valence electrons. The summed E-state index contributed by atoms with van der Waals surface area (Å²) < 4.78 is 5.61. The smallest absolute Gasteiger partial charge is 0.209 e. The van der Waals surface area contributed by atoms with Gasteiger partial charge >= 0.3 is 0 Å². The van der Waals surface area contributed by atoms with E-state index < -0.39 is 0 Å². The maximum absolute atomic E-state index is 5.61. The van der Waals surface area contributed by atoms with Gasteiger partial charge in [0.2, 0.25) is 5.88 Å². The van der Waals surface area contributed by atoms with Gasteiger partial charge in [-0.2, -0.15) is 5.10 Å². The van der Waals surface area contributed by atoms with E-state index >= 15 is 0 Å². The molecular formula is C10H14N2O. The number of ether oxygens (including phenoxy) is 1. The van der Waals surface area contributed by atoms with E-state index in [9.17, 15) is 0 Å². The molecule has 1 aromatic heterocycles. The van der Waals surface area contributed by atoms with Crippen molar-refractivity contribution in [1.82, 2.24) is 10.2 Å². The predicted molar refractivity (Wildman–Crippen MR) is 48.5 cm³/mol. The summed E-state index contributed by atoms with van der Waals surface area (Å²) in [7, 11) is 0. The molecule has 1 aromatic rings. The second-order valence-corrected chi connectivity index (χ2v) is 4.33. The van der Waals surface area contributed by atoms with Gasteiger partial charge in [-0.25, -0.2) is 5.10 Å². The maximum Gasteiger partial charge on any atom is 0.209 e. The zero-order chi connectivity index (χ0) is 8.73. The molecule has 1 heterocycles. The van der Waals surface area contributed by atoms with Crippen molar-refractivity contribution >= 4 is 0 Å².